The molecule has 11 heteroatoms. The van der Waals surface area contributed by atoms with Gasteiger partial charge in [0.25, 0.3) is 10.0 Å². The molecule has 2 heterocycles. The summed E-state index contributed by atoms with van der Waals surface area (Å²) >= 11 is 0. The van der Waals surface area contributed by atoms with Gasteiger partial charge in [-0.2, -0.15) is 18.2 Å². The van der Waals surface area contributed by atoms with Gasteiger partial charge in [-0.3, -0.25) is 4.72 Å². The van der Waals surface area contributed by atoms with Gasteiger partial charge in [-0.05, 0) is 68.3 Å². The zero-order chi connectivity index (χ0) is 23.6. The van der Waals surface area contributed by atoms with E-state index in [1.807, 2.05) is 13.0 Å². The lowest BCUT2D eigenvalue weighted by molar-refractivity contribution is -0.137. The van der Waals surface area contributed by atoms with Crippen molar-refractivity contribution in [1.82, 2.24) is 9.97 Å². The summed E-state index contributed by atoms with van der Waals surface area (Å²) in [5.41, 5.74) is 0.840. The van der Waals surface area contributed by atoms with Crippen LogP contribution in [0.4, 0.5) is 36.3 Å². The molecule has 1 aromatic heterocycles. The van der Waals surface area contributed by atoms with E-state index in [1.165, 1.54) is 0 Å². The smallest absolute Gasteiger partial charge is 0.356 e. The van der Waals surface area contributed by atoms with E-state index < -0.39 is 21.8 Å². The average Bonchev–Trinajstić information content (AvgIpc) is 3.29. The molecular weight excluding hydrogens is 455 g/mol. The van der Waals surface area contributed by atoms with Gasteiger partial charge in [0.1, 0.15) is 5.82 Å². The molecule has 2 aromatic carbocycles. The standard InChI is InChI=1S/C22H22F3N5O2S/c1-15-14-20(30-12-2-3-13-30)28-21(26-15)27-17-6-8-18(9-7-17)29-33(31,32)19-10-4-16(5-11-19)22(23,24)25/h4-11,14,29H,2-3,12-13H2,1H3,(H,26,27,28). The van der Waals surface area contributed by atoms with Crippen LogP contribution >= 0.6 is 0 Å². The number of rotatable bonds is 6. The second kappa shape index (κ2) is 8.89. The van der Waals surface area contributed by atoms with Crippen LogP contribution in [0.1, 0.15) is 24.1 Å². The van der Waals surface area contributed by atoms with Crippen LogP contribution < -0.4 is 14.9 Å². The number of nitrogens with zero attached hydrogens (tertiary/aromatic N) is 3. The van der Waals surface area contributed by atoms with E-state index in [4.69, 9.17) is 0 Å². The Morgan fingerprint density at radius 2 is 1.52 bits per heavy atom. The van der Waals surface area contributed by atoms with E-state index in [2.05, 4.69) is 24.9 Å². The minimum Gasteiger partial charge on any atom is -0.356 e. The third-order valence-electron chi connectivity index (χ3n) is 5.16. The monoisotopic (exact) mass is 477 g/mol. The molecule has 0 atom stereocenters. The van der Waals surface area contributed by atoms with E-state index in [0.29, 0.717) is 11.6 Å². The Morgan fingerprint density at radius 3 is 2.12 bits per heavy atom. The summed E-state index contributed by atoms with van der Waals surface area (Å²) in [6, 6.07) is 11.7. The normalized spacial score (nSPS) is 14.4. The number of halogens is 3. The number of anilines is 4. The molecular formula is C22H22F3N5O2S. The topological polar surface area (TPSA) is 87.2 Å². The first-order valence-electron chi connectivity index (χ1n) is 10.3. The van der Waals surface area contributed by atoms with Crippen LogP contribution in [0.25, 0.3) is 0 Å². The predicted molar refractivity (Wildman–Crippen MR) is 120 cm³/mol. The second-order valence-electron chi connectivity index (χ2n) is 7.72. The molecule has 7 nitrogen and oxygen atoms in total. The van der Waals surface area contributed by atoms with Crippen molar-refractivity contribution in [2.75, 3.05) is 28.0 Å². The van der Waals surface area contributed by atoms with Crippen LogP contribution in [0.5, 0.6) is 0 Å². The van der Waals surface area contributed by atoms with Crippen LogP contribution in [-0.2, 0) is 16.2 Å². The fourth-order valence-corrected chi connectivity index (χ4v) is 4.56. The minimum absolute atomic E-state index is 0.264. The van der Waals surface area contributed by atoms with Crippen molar-refractivity contribution in [3.63, 3.8) is 0 Å². The second-order valence-corrected chi connectivity index (χ2v) is 9.40. The fraction of sp³-hybridized carbons (Fsp3) is 0.273. The van der Waals surface area contributed by atoms with E-state index in [0.717, 1.165) is 61.7 Å². The molecule has 0 bridgehead atoms. The molecule has 0 spiro atoms. The summed E-state index contributed by atoms with van der Waals surface area (Å²) in [5.74, 6) is 1.30. The lowest BCUT2D eigenvalue weighted by atomic mass is 10.2. The molecule has 0 amide bonds. The Bertz CT molecular complexity index is 1220. The molecule has 0 unspecified atom stereocenters. The van der Waals surface area contributed by atoms with Gasteiger partial charge in [-0.15, -0.1) is 0 Å². The van der Waals surface area contributed by atoms with Gasteiger partial charge in [0.05, 0.1) is 10.5 Å². The highest BCUT2D eigenvalue weighted by Gasteiger charge is 2.30. The molecule has 4 rings (SSSR count). The number of sulfonamides is 1. The number of nitrogens with one attached hydrogen (secondary N) is 2. The predicted octanol–water partition coefficient (Wildman–Crippen LogP) is 4.95. The van der Waals surface area contributed by atoms with Crippen molar-refractivity contribution in [2.45, 2.75) is 30.8 Å². The van der Waals surface area contributed by atoms with Gasteiger partial charge in [-0.25, -0.2) is 13.4 Å². The van der Waals surface area contributed by atoms with Gasteiger partial charge in [-0.1, -0.05) is 0 Å². The van der Waals surface area contributed by atoms with Crippen LogP contribution in [0.2, 0.25) is 0 Å². The number of aryl methyl sites for hydroxylation is 1. The van der Waals surface area contributed by atoms with Crippen molar-refractivity contribution in [2.24, 2.45) is 0 Å². The van der Waals surface area contributed by atoms with Gasteiger partial charge in [0.2, 0.25) is 5.95 Å². The molecule has 1 saturated heterocycles. The highest BCUT2D eigenvalue weighted by molar-refractivity contribution is 7.92. The first kappa shape index (κ1) is 22.8. The highest BCUT2D eigenvalue weighted by atomic mass is 32.2. The van der Waals surface area contributed by atoms with E-state index in [9.17, 15) is 21.6 Å². The third kappa shape index (κ3) is 5.54. The summed E-state index contributed by atoms with van der Waals surface area (Å²) < 4.78 is 65.5. The summed E-state index contributed by atoms with van der Waals surface area (Å²) in [6.07, 6.45) is -2.26. The van der Waals surface area contributed by atoms with Crippen molar-refractivity contribution in [3.8, 4) is 0 Å². The molecule has 1 fully saturated rings. The van der Waals surface area contributed by atoms with Crippen LogP contribution in [0.3, 0.4) is 0 Å². The first-order valence-corrected chi connectivity index (χ1v) is 11.8. The SMILES string of the molecule is Cc1cc(N2CCCC2)nc(Nc2ccc(NS(=O)(=O)c3ccc(C(F)(F)F)cc3)cc2)n1. The van der Waals surface area contributed by atoms with Gasteiger partial charge < -0.3 is 10.2 Å². The molecule has 1 aliphatic heterocycles. The summed E-state index contributed by atoms with van der Waals surface area (Å²) in [6.45, 7) is 3.82. The average molecular weight is 478 g/mol. The van der Waals surface area contributed by atoms with Crippen LogP contribution in [-0.4, -0.2) is 31.5 Å². The lowest BCUT2D eigenvalue weighted by Gasteiger charge is -2.17. The Labute approximate surface area is 189 Å². The number of alkyl halides is 3. The maximum Gasteiger partial charge on any atom is 0.416 e. The molecule has 2 N–H and O–H groups in total. The minimum atomic E-state index is -4.53. The lowest BCUT2D eigenvalue weighted by Crippen LogP contribution is -2.19. The maximum absolute atomic E-state index is 12.7. The molecule has 0 saturated carbocycles. The summed E-state index contributed by atoms with van der Waals surface area (Å²) in [4.78, 5) is 10.9. The zero-order valence-corrected chi connectivity index (χ0v) is 18.5. The molecule has 33 heavy (non-hydrogen) atoms. The number of hydrogen-bond acceptors (Lipinski definition) is 6. The maximum atomic E-state index is 12.7. The number of hydrogen-bond donors (Lipinski definition) is 2. The van der Waals surface area contributed by atoms with E-state index >= 15 is 0 Å². The largest absolute Gasteiger partial charge is 0.416 e. The van der Waals surface area contributed by atoms with Crippen LogP contribution in [0, 0.1) is 6.92 Å². The number of aromatic nitrogens is 2. The molecule has 1 aliphatic rings. The number of benzene rings is 2. The molecule has 174 valence electrons. The Kier molecular flexibility index (Phi) is 6.15. The molecule has 3 aromatic rings. The van der Waals surface area contributed by atoms with Crippen molar-refractivity contribution < 1.29 is 21.6 Å². The van der Waals surface area contributed by atoms with Crippen molar-refractivity contribution in [1.29, 1.82) is 0 Å². The van der Waals surface area contributed by atoms with Crippen LogP contribution in [0.15, 0.2) is 59.5 Å². The summed E-state index contributed by atoms with van der Waals surface area (Å²) in [7, 11) is -4.04. The van der Waals surface area contributed by atoms with Gasteiger partial charge >= 0.3 is 6.18 Å². The summed E-state index contributed by atoms with van der Waals surface area (Å²) in [5, 5.41) is 3.12. The Balaban J connectivity index is 1.45. The van der Waals surface area contributed by atoms with Gasteiger partial charge in [0.15, 0.2) is 0 Å². The molecule has 0 radical (unpaired) electrons. The van der Waals surface area contributed by atoms with Crippen molar-refractivity contribution >= 4 is 33.2 Å². The first-order chi connectivity index (χ1) is 15.6. The highest BCUT2D eigenvalue weighted by Crippen LogP contribution is 2.30. The fourth-order valence-electron chi connectivity index (χ4n) is 3.50. The van der Waals surface area contributed by atoms with Crippen molar-refractivity contribution in [3.05, 3.63) is 65.9 Å². The van der Waals surface area contributed by atoms with E-state index in [1.54, 1.807) is 24.3 Å². The Hall–Kier alpha value is -3.34. The zero-order valence-electron chi connectivity index (χ0n) is 17.7. The van der Waals surface area contributed by atoms with Gasteiger partial charge in [0, 0.05) is 36.2 Å². The quantitative estimate of drug-likeness (QED) is 0.523. The van der Waals surface area contributed by atoms with E-state index in [-0.39, 0.29) is 10.6 Å². The Morgan fingerprint density at radius 1 is 0.909 bits per heavy atom. The third-order valence-corrected chi connectivity index (χ3v) is 6.55. The molecule has 0 aliphatic carbocycles.